The second-order valence-corrected chi connectivity index (χ2v) is 5.83. The Morgan fingerprint density at radius 3 is 2.50 bits per heavy atom. The topological polar surface area (TPSA) is 90.4 Å². The van der Waals surface area contributed by atoms with E-state index in [4.69, 9.17) is 9.56 Å². The quantitative estimate of drug-likeness (QED) is 0.873. The maximum Gasteiger partial charge on any atom is 0.239 e. The van der Waals surface area contributed by atoms with Gasteiger partial charge in [0.2, 0.25) is 10.0 Å². The third-order valence-electron chi connectivity index (χ3n) is 2.26. The van der Waals surface area contributed by atoms with Gasteiger partial charge < -0.3 is 4.42 Å². The second kappa shape index (κ2) is 4.68. The highest BCUT2D eigenvalue weighted by Crippen LogP contribution is 2.33. The maximum absolute atomic E-state index is 11.6. The number of benzene rings is 1. The molecule has 0 atom stereocenters. The Hall–Kier alpha value is -1.44. The Kier molecular flexibility index (Phi) is 3.38. The first-order chi connectivity index (χ1) is 8.43. The van der Waals surface area contributed by atoms with E-state index in [-0.39, 0.29) is 16.4 Å². The highest BCUT2D eigenvalue weighted by molar-refractivity contribution is 9.10. The number of carbonyl (C=O) groups is 1. The molecule has 0 radical (unpaired) electrons. The molecule has 0 aliphatic rings. The van der Waals surface area contributed by atoms with Crippen LogP contribution in [0.2, 0.25) is 0 Å². The molecule has 1 heterocycles. The Balaban J connectivity index is 2.72. The minimum absolute atomic E-state index is 0.0724. The highest BCUT2D eigenvalue weighted by Gasteiger charge is 2.20. The molecule has 0 unspecified atom stereocenters. The molecule has 0 bridgehead atoms. The third kappa shape index (κ3) is 2.38. The monoisotopic (exact) mass is 329 g/mol. The molecule has 18 heavy (non-hydrogen) atoms. The average molecular weight is 330 g/mol. The van der Waals surface area contributed by atoms with Crippen molar-refractivity contribution in [3.63, 3.8) is 0 Å². The molecule has 7 heteroatoms. The van der Waals surface area contributed by atoms with E-state index in [2.05, 4.69) is 15.9 Å². The van der Waals surface area contributed by atoms with Gasteiger partial charge in [0.15, 0.2) is 12.0 Å². The molecule has 0 aliphatic heterocycles. The van der Waals surface area contributed by atoms with Crippen LogP contribution < -0.4 is 5.14 Å². The first kappa shape index (κ1) is 13.0. The Labute approximate surface area is 112 Å². The predicted octanol–water partition coefficient (Wildman–Crippen LogP) is 2.17. The standard InChI is InChI=1S/C11H8BrNO4S/c12-9-3-1-2-8(11(9)18(13,15)16)10-5-4-7(6-14)17-10/h1-6H,(H2,13,15,16). The fourth-order valence-electron chi connectivity index (χ4n) is 1.55. The molecule has 1 aromatic heterocycles. The minimum atomic E-state index is -3.90. The van der Waals surface area contributed by atoms with Gasteiger partial charge in [0.05, 0.1) is 0 Å². The highest BCUT2D eigenvalue weighted by atomic mass is 79.9. The van der Waals surface area contributed by atoms with Crippen LogP contribution in [0.1, 0.15) is 10.6 Å². The summed E-state index contributed by atoms with van der Waals surface area (Å²) in [6.45, 7) is 0. The molecular formula is C11H8BrNO4S. The number of sulfonamides is 1. The van der Waals surface area contributed by atoms with E-state index >= 15 is 0 Å². The van der Waals surface area contributed by atoms with E-state index in [0.29, 0.717) is 16.3 Å². The summed E-state index contributed by atoms with van der Waals surface area (Å²) in [6.07, 6.45) is 0.540. The van der Waals surface area contributed by atoms with Crippen molar-refractivity contribution in [3.05, 3.63) is 40.6 Å². The smallest absolute Gasteiger partial charge is 0.239 e. The normalized spacial score (nSPS) is 11.4. The molecule has 0 saturated carbocycles. The number of hydrogen-bond donors (Lipinski definition) is 1. The molecule has 0 fully saturated rings. The van der Waals surface area contributed by atoms with Gasteiger partial charge in [0.1, 0.15) is 10.7 Å². The summed E-state index contributed by atoms with van der Waals surface area (Å²) in [5.74, 6) is 0.382. The van der Waals surface area contributed by atoms with Gasteiger partial charge in [0.25, 0.3) is 0 Å². The molecule has 2 N–H and O–H groups in total. The number of carbonyl (C=O) groups excluding carboxylic acids is 1. The van der Waals surface area contributed by atoms with Crippen molar-refractivity contribution in [1.82, 2.24) is 0 Å². The molecule has 0 aliphatic carbocycles. The molecule has 2 aromatic rings. The van der Waals surface area contributed by atoms with Crippen molar-refractivity contribution >= 4 is 32.2 Å². The fourth-order valence-corrected chi connectivity index (χ4v) is 3.41. The maximum atomic E-state index is 11.6. The summed E-state index contributed by atoms with van der Waals surface area (Å²) in [6, 6.07) is 7.73. The number of aldehydes is 1. The molecular weight excluding hydrogens is 322 g/mol. The lowest BCUT2D eigenvalue weighted by Crippen LogP contribution is -2.14. The van der Waals surface area contributed by atoms with Gasteiger partial charge in [-0.1, -0.05) is 6.07 Å². The second-order valence-electron chi connectivity index (χ2n) is 3.48. The first-order valence-corrected chi connectivity index (χ1v) is 7.14. The van der Waals surface area contributed by atoms with Gasteiger partial charge in [-0.15, -0.1) is 0 Å². The van der Waals surface area contributed by atoms with Gasteiger partial charge >= 0.3 is 0 Å². The Morgan fingerprint density at radius 2 is 1.94 bits per heavy atom. The van der Waals surface area contributed by atoms with Crippen molar-refractivity contribution < 1.29 is 17.6 Å². The van der Waals surface area contributed by atoms with Crippen LogP contribution in [0, 0.1) is 0 Å². The predicted molar refractivity (Wildman–Crippen MR) is 68.6 cm³/mol. The summed E-state index contributed by atoms with van der Waals surface area (Å²) in [5, 5.41) is 5.17. The molecule has 1 aromatic carbocycles. The molecule has 2 rings (SSSR count). The van der Waals surface area contributed by atoms with Crippen LogP contribution in [0.4, 0.5) is 0 Å². The lowest BCUT2D eigenvalue weighted by molar-refractivity contribution is 0.110. The van der Waals surface area contributed by atoms with E-state index in [1.165, 1.54) is 12.1 Å². The van der Waals surface area contributed by atoms with Gasteiger partial charge in [-0.05, 0) is 40.2 Å². The zero-order chi connectivity index (χ0) is 13.3. The zero-order valence-corrected chi connectivity index (χ0v) is 11.4. The van der Waals surface area contributed by atoms with Crippen LogP contribution in [0.3, 0.4) is 0 Å². The van der Waals surface area contributed by atoms with Crippen molar-refractivity contribution in [2.24, 2.45) is 5.14 Å². The number of primary sulfonamides is 1. The summed E-state index contributed by atoms with van der Waals surface area (Å²) in [4.78, 5) is 10.5. The number of hydrogen-bond acceptors (Lipinski definition) is 4. The molecule has 5 nitrogen and oxygen atoms in total. The van der Waals surface area contributed by atoms with Gasteiger partial charge in [0, 0.05) is 10.0 Å². The molecule has 0 amide bonds. The van der Waals surface area contributed by atoms with Crippen LogP contribution in [0.5, 0.6) is 0 Å². The lowest BCUT2D eigenvalue weighted by Gasteiger charge is -2.07. The number of halogens is 1. The SMILES string of the molecule is NS(=O)(=O)c1c(Br)cccc1-c1ccc(C=O)o1. The minimum Gasteiger partial charge on any atom is -0.453 e. The van der Waals surface area contributed by atoms with Crippen LogP contribution >= 0.6 is 15.9 Å². The number of nitrogens with two attached hydrogens (primary N) is 1. The van der Waals surface area contributed by atoms with Gasteiger partial charge in [-0.2, -0.15) is 0 Å². The van der Waals surface area contributed by atoms with Crippen LogP contribution in [-0.2, 0) is 10.0 Å². The largest absolute Gasteiger partial charge is 0.453 e. The Bertz CT molecular complexity index is 706. The van der Waals surface area contributed by atoms with E-state index in [9.17, 15) is 13.2 Å². The van der Waals surface area contributed by atoms with E-state index < -0.39 is 10.0 Å². The van der Waals surface area contributed by atoms with E-state index in [1.54, 1.807) is 18.2 Å². The van der Waals surface area contributed by atoms with Gasteiger partial charge in [-0.25, -0.2) is 13.6 Å². The van der Waals surface area contributed by atoms with E-state index in [0.717, 1.165) is 0 Å². The molecule has 94 valence electrons. The summed E-state index contributed by atoms with van der Waals surface area (Å²) >= 11 is 3.13. The van der Waals surface area contributed by atoms with Crippen molar-refractivity contribution in [3.8, 4) is 11.3 Å². The van der Waals surface area contributed by atoms with Crippen molar-refractivity contribution in [2.45, 2.75) is 4.90 Å². The van der Waals surface area contributed by atoms with Crippen LogP contribution in [0.25, 0.3) is 11.3 Å². The summed E-state index contributed by atoms with van der Waals surface area (Å²) in [5.41, 5.74) is 0.306. The van der Waals surface area contributed by atoms with Crippen molar-refractivity contribution in [2.75, 3.05) is 0 Å². The first-order valence-electron chi connectivity index (χ1n) is 4.80. The van der Waals surface area contributed by atoms with Crippen molar-refractivity contribution in [1.29, 1.82) is 0 Å². The van der Waals surface area contributed by atoms with E-state index in [1.807, 2.05) is 0 Å². The lowest BCUT2D eigenvalue weighted by atomic mass is 10.2. The van der Waals surface area contributed by atoms with Crippen LogP contribution in [-0.4, -0.2) is 14.7 Å². The summed E-state index contributed by atoms with van der Waals surface area (Å²) < 4.78 is 28.7. The number of furan rings is 1. The summed E-state index contributed by atoms with van der Waals surface area (Å²) in [7, 11) is -3.90. The Morgan fingerprint density at radius 1 is 1.22 bits per heavy atom. The molecule has 0 spiro atoms. The average Bonchev–Trinajstić information content (AvgIpc) is 2.75. The van der Waals surface area contributed by atoms with Crippen LogP contribution in [0.15, 0.2) is 44.1 Å². The number of rotatable bonds is 3. The molecule has 0 saturated heterocycles. The van der Waals surface area contributed by atoms with Gasteiger partial charge in [-0.3, -0.25) is 4.79 Å². The zero-order valence-electron chi connectivity index (χ0n) is 8.96. The third-order valence-corrected chi connectivity index (χ3v) is 4.19. The fraction of sp³-hybridized carbons (Fsp3) is 0.